The maximum Gasteiger partial charge on any atom is 0.260 e. The molecule has 0 radical (unpaired) electrons. The van der Waals surface area contributed by atoms with Gasteiger partial charge in [0.15, 0.2) is 5.03 Å². The van der Waals surface area contributed by atoms with Crippen molar-refractivity contribution in [2.24, 2.45) is 0 Å². The molecule has 0 bridgehead atoms. The van der Waals surface area contributed by atoms with Gasteiger partial charge in [0, 0.05) is 19.0 Å². The Labute approximate surface area is 88.1 Å². The van der Waals surface area contributed by atoms with Gasteiger partial charge in [-0.05, 0) is 0 Å². The molecule has 1 heterocycles. The largest absolute Gasteiger partial charge is 0.335 e. The van der Waals surface area contributed by atoms with Gasteiger partial charge >= 0.3 is 0 Å². The molecule has 1 N–H and O–H groups in total. The van der Waals surface area contributed by atoms with Crippen LogP contribution in [0.2, 0.25) is 0 Å². The van der Waals surface area contributed by atoms with Gasteiger partial charge in [-0.1, -0.05) is 6.92 Å². The zero-order valence-electron chi connectivity index (χ0n) is 7.77. The Balaban J connectivity index is 2.94. The van der Waals surface area contributed by atoms with Crippen LogP contribution in [0.15, 0.2) is 17.6 Å². The van der Waals surface area contributed by atoms with E-state index in [1.54, 1.807) is 6.92 Å². The number of alkyl halides is 1. The number of halogens is 1. The molecule has 0 atom stereocenters. The molecule has 14 heavy (non-hydrogen) atoms. The molecule has 1 aromatic heterocycles. The number of nitrogens with zero attached hydrogens (tertiary/aromatic N) is 2. The van der Waals surface area contributed by atoms with E-state index < -0.39 is 10.0 Å². The van der Waals surface area contributed by atoms with Crippen molar-refractivity contribution in [1.29, 1.82) is 0 Å². The summed E-state index contributed by atoms with van der Waals surface area (Å²) in [5.41, 5.74) is 0. The van der Waals surface area contributed by atoms with Crippen LogP contribution in [0.5, 0.6) is 0 Å². The first kappa shape index (κ1) is 11.5. The Morgan fingerprint density at radius 3 is 2.79 bits per heavy atom. The highest BCUT2D eigenvalue weighted by atomic mass is 35.5. The van der Waals surface area contributed by atoms with Gasteiger partial charge in [0.25, 0.3) is 10.0 Å². The van der Waals surface area contributed by atoms with Crippen LogP contribution >= 0.6 is 11.6 Å². The number of sulfonamides is 1. The Hall–Kier alpha value is -0.590. The summed E-state index contributed by atoms with van der Waals surface area (Å²) in [5, 5.41) is 0.101. The SMILES string of the molecule is CCN(CCCl)S(=O)(=O)c1cnc[nH]1. The van der Waals surface area contributed by atoms with E-state index in [0.717, 1.165) is 0 Å². The molecule has 0 aliphatic heterocycles. The second-order valence-electron chi connectivity index (χ2n) is 2.60. The number of imidazole rings is 1. The Bertz CT molecular complexity index is 362. The Morgan fingerprint density at radius 1 is 1.64 bits per heavy atom. The van der Waals surface area contributed by atoms with Crippen molar-refractivity contribution in [2.45, 2.75) is 11.9 Å². The molecule has 0 saturated carbocycles. The highest BCUT2D eigenvalue weighted by molar-refractivity contribution is 7.89. The maximum absolute atomic E-state index is 11.8. The fraction of sp³-hybridized carbons (Fsp3) is 0.571. The minimum Gasteiger partial charge on any atom is -0.335 e. The molecule has 1 rings (SSSR count). The minimum absolute atomic E-state index is 0.101. The third kappa shape index (κ3) is 2.26. The summed E-state index contributed by atoms with van der Waals surface area (Å²) in [6.45, 7) is 2.47. The second-order valence-corrected chi connectivity index (χ2v) is 4.89. The highest BCUT2D eigenvalue weighted by Gasteiger charge is 2.23. The zero-order chi connectivity index (χ0) is 10.6. The van der Waals surface area contributed by atoms with Gasteiger partial charge in [0.05, 0.1) is 12.5 Å². The predicted octanol–water partition coefficient (Wildman–Crippen LogP) is 0.659. The number of aromatic amines is 1. The third-order valence-electron chi connectivity index (χ3n) is 1.78. The lowest BCUT2D eigenvalue weighted by Crippen LogP contribution is -2.32. The molecule has 7 heteroatoms. The van der Waals surface area contributed by atoms with Crippen LogP contribution in [0.4, 0.5) is 0 Å². The van der Waals surface area contributed by atoms with Crippen molar-refractivity contribution in [3.8, 4) is 0 Å². The van der Waals surface area contributed by atoms with Gasteiger partial charge in [-0.15, -0.1) is 11.6 Å². The number of nitrogens with one attached hydrogen (secondary N) is 1. The molecule has 0 aliphatic carbocycles. The normalized spacial score (nSPS) is 12.2. The number of aromatic nitrogens is 2. The average Bonchev–Trinajstić information content (AvgIpc) is 2.66. The van der Waals surface area contributed by atoms with E-state index in [4.69, 9.17) is 11.6 Å². The first-order valence-electron chi connectivity index (χ1n) is 4.17. The lowest BCUT2D eigenvalue weighted by Gasteiger charge is -2.17. The van der Waals surface area contributed by atoms with Crippen molar-refractivity contribution in [3.63, 3.8) is 0 Å². The molecule has 0 saturated heterocycles. The van der Waals surface area contributed by atoms with E-state index in [1.165, 1.54) is 16.8 Å². The molecular formula is C7H12ClN3O2S. The van der Waals surface area contributed by atoms with Crippen molar-refractivity contribution in [2.75, 3.05) is 19.0 Å². The summed E-state index contributed by atoms with van der Waals surface area (Å²) in [5.74, 6) is 0.279. The molecule has 0 aliphatic rings. The predicted molar refractivity (Wildman–Crippen MR) is 53.7 cm³/mol. The molecule has 0 aromatic carbocycles. The van der Waals surface area contributed by atoms with Crippen LogP contribution in [0.1, 0.15) is 6.92 Å². The van der Waals surface area contributed by atoms with Crippen LogP contribution in [0, 0.1) is 0 Å². The summed E-state index contributed by atoms with van der Waals surface area (Å²) >= 11 is 5.51. The monoisotopic (exact) mass is 237 g/mol. The van der Waals surface area contributed by atoms with Crippen LogP contribution in [0.25, 0.3) is 0 Å². The molecule has 1 aromatic rings. The Morgan fingerprint density at radius 2 is 2.36 bits per heavy atom. The van der Waals surface area contributed by atoms with Crippen LogP contribution in [0.3, 0.4) is 0 Å². The van der Waals surface area contributed by atoms with E-state index in [0.29, 0.717) is 13.1 Å². The Kier molecular flexibility index (Phi) is 3.91. The van der Waals surface area contributed by atoms with Gasteiger partial charge in [0.1, 0.15) is 0 Å². The number of H-pyrrole nitrogens is 1. The van der Waals surface area contributed by atoms with Crippen molar-refractivity contribution in [1.82, 2.24) is 14.3 Å². The summed E-state index contributed by atoms with van der Waals surface area (Å²) in [7, 11) is -3.44. The molecule has 0 fully saturated rings. The smallest absolute Gasteiger partial charge is 0.260 e. The minimum atomic E-state index is -3.44. The van der Waals surface area contributed by atoms with Crippen LogP contribution < -0.4 is 0 Å². The summed E-state index contributed by atoms with van der Waals surface area (Å²) < 4.78 is 24.9. The first-order valence-corrected chi connectivity index (χ1v) is 6.15. The van der Waals surface area contributed by atoms with Crippen molar-refractivity contribution >= 4 is 21.6 Å². The van der Waals surface area contributed by atoms with Crippen molar-refractivity contribution in [3.05, 3.63) is 12.5 Å². The van der Waals surface area contributed by atoms with Crippen LogP contribution in [-0.4, -0.2) is 41.7 Å². The quantitative estimate of drug-likeness (QED) is 0.765. The van der Waals surface area contributed by atoms with Crippen molar-refractivity contribution < 1.29 is 8.42 Å². The van der Waals surface area contributed by atoms with E-state index in [9.17, 15) is 8.42 Å². The van der Waals surface area contributed by atoms with Crippen LogP contribution in [-0.2, 0) is 10.0 Å². The molecule has 80 valence electrons. The lowest BCUT2D eigenvalue weighted by atomic mass is 10.7. The van der Waals surface area contributed by atoms with Gasteiger partial charge in [-0.2, -0.15) is 4.31 Å². The van der Waals surface area contributed by atoms with E-state index >= 15 is 0 Å². The molecule has 0 amide bonds. The fourth-order valence-electron chi connectivity index (χ4n) is 1.07. The summed E-state index contributed by atoms with van der Waals surface area (Å²) in [6.07, 6.45) is 2.62. The highest BCUT2D eigenvalue weighted by Crippen LogP contribution is 2.11. The summed E-state index contributed by atoms with van der Waals surface area (Å²) in [4.78, 5) is 6.24. The van der Waals surface area contributed by atoms with Gasteiger partial charge in [-0.25, -0.2) is 13.4 Å². The summed E-state index contributed by atoms with van der Waals surface area (Å²) in [6, 6.07) is 0. The molecule has 0 spiro atoms. The van der Waals surface area contributed by atoms with Gasteiger partial charge in [0.2, 0.25) is 0 Å². The second kappa shape index (κ2) is 4.77. The third-order valence-corrected chi connectivity index (χ3v) is 3.85. The van der Waals surface area contributed by atoms with Gasteiger partial charge in [-0.3, -0.25) is 0 Å². The lowest BCUT2D eigenvalue weighted by molar-refractivity contribution is 0.444. The maximum atomic E-state index is 11.8. The topological polar surface area (TPSA) is 66.1 Å². The molecular weight excluding hydrogens is 226 g/mol. The fourth-order valence-corrected chi connectivity index (χ4v) is 2.72. The van der Waals surface area contributed by atoms with Gasteiger partial charge < -0.3 is 4.98 Å². The molecule has 5 nitrogen and oxygen atoms in total. The number of rotatable bonds is 5. The standard InChI is InChI=1S/C7H12ClN3O2S/c1-2-11(4-3-8)14(12,13)7-5-9-6-10-7/h5-6H,2-4H2,1H3,(H,9,10). The number of hydrogen-bond acceptors (Lipinski definition) is 3. The molecule has 0 unspecified atom stereocenters. The number of hydrogen-bond donors (Lipinski definition) is 1. The first-order chi connectivity index (χ1) is 6.62. The van der Waals surface area contributed by atoms with E-state index in [1.807, 2.05) is 0 Å². The average molecular weight is 238 g/mol. The zero-order valence-corrected chi connectivity index (χ0v) is 9.35. The van der Waals surface area contributed by atoms with E-state index in [-0.39, 0.29) is 10.9 Å². The van der Waals surface area contributed by atoms with E-state index in [2.05, 4.69) is 9.97 Å².